The van der Waals surface area contributed by atoms with E-state index in [-0.39, 0.29) is 11.8 Å². The van der Waals surface area contributed by atoms with Crippen LogP contribution in [0.5, 0.6) is 0 Å². The molecule has 0 saturated heterocycles. The molecule has 6 heteroatoms. The highest BCUT2D eigenvalue weighted by atomic mass is 32.1. The van der Waals surface area contributed by atoms with Gasteiger partial charge in [0.25, 0.3) is 5.91 Å². The lowest BCUT2D eigenvalue weighted by Gasteiger charge is -2.18. The second-order valence-corrected chi connectivity index (χ2v) is 7.65. The molecule has 1 aromatic heterocycles. The summed E-state index contributed by atoms with van der Waals surface area (Å²) in [7, 11) is 0. The Bertz CT molecular complexity index is 939. The molecule has 0 aliphatic rings. The molecule has 3 aromatic rings. The average molecular weight is 394 g/mol. The molecule has 28 heavy (non-hydrogen) atoms. The molecule has 0 aliphatic heterocycles. The van der Waals surface area contributed by atoms with Crippen molar-refractivity contribution in [1.82, 2.24) is 10.3 Å². The highest BCUT2D eigenvalue weighted by Gasteiger charge is 2.23. The summed E-state index contributed by atoms with van der Waals surface area (Å²) in [6.45, 7) is 4.02. The normalized spacial score (nSPS) is 11.6. The minimum atomic E-state index is -0.704. The Morgan fingerprint density at radius 2 is 1.68 bits per heavy atom. The quantitative estimate of drug-likeness (QED) is 0.637. The van der Waals surface area contributed by atoms with Crippen LogP contribution in [0.1, 0.15) is 33.4 Å². The van der Waals surface area contributed by atoms with Crippen LogP contribution in [0.2, 0.25) is 0 Å². The molecular weight excluding hydrogens is 370 g/mol. The number of carbonyl (C=O) groups is 2. The Kier molecular flexibility index (Phi) is 6.55. The molecule has 2 N–H and O–H groups in total. The number of nitrogens with one attached hydrogen (secondary N) is 2. The molecule has 5 nitrogen and oxygen atoms in total. The zero-order valence-corrected chi connectivity index (χ0v) is 16.8. The topological polar surface area (TPSA) is 71.1 Å². The molecule has 2 amide bonds. The minimum absolute atomic E-state index is 0.274. The standard InChI is InChI=1S/C22H23N3O2S/c1-3-18-15(2)28-22(24-18)25-21(27)19(14-16-10-6-4-7-11-16)23-20(26)17-12-8-5-9-13-17/h4-13,19H,3,14H2,1-2H3,(H,23,26)(H,24,25,27). The summed E-state index contributed by atoms with van der Waals surface area (Å²) in [5, 5.41) is 6.29. The second-order valence-electron chi connectivity index (χ2n) is 6.45. The van der Waals surface area contributed by atoms with E-state index >= 15 is 0 Å². The number of anilines is 1. The minimum Gasteiger partial charge on any atom is -0.340 e. The van der Waals surface area contributed by atoms with Crippen molar-refractivity contribution in [2.75, 3.05) is 5.32 Å². The van der Waals surface area contributed by atoms with Gasteiger partial charge >= 0.3 is 0 Å². The number of hydrogen-bond acceptors (Lipinski definition) is 4. The van der Waals surface area contributed by atoms with Crippen LogP contribution in [-0.2, 0) is 17.6 Å². The lowest BCUT2D eigenvalue weighted by molar-refractivity contribution is -0.118. The zero-order valence-electron chi connectivity index (χ0n) is 15.9. The van der Waals surface area contributed by atoms with Crippen LogP contribution < -0.4 is 10.6 Å². The molecule has 0 radical (unpaired) electrons. The molecule has 2 aromatic carbocycles. The van der Waals surface area contributed by atoms with Gasteiger partial charge < -0.3 is 10.6 Å². The second kappa shape index (κ2) is 9.28. The Balaban J connectivity index is 1.78. The van der Waals surface area contributed by atoms with E-state index in [0.717, 1.165) is 22.6 Å². The van der Waals surface area contributed by atoms with E-state index in [1.807, 2.05) is 50.2 Å². The first-order valence-corrected chi connectivity index (χ1v) is 10.1. The number of amides is 2. The number of hydrogen-bond donors (Lipinski definition) is 2. The smallest absolute Gasteiger partial charge is 0.251 e. The Morgan fingerprint density at radius 3 is 2.29 bits per heavy atom. The average Bonchev–Trinajstić information content (AvgIpc) is 3.08. The van der Waals surface area contributed by atoms with E-state index in [1.54, 1.807) is 24.3 Å². The van der Waals surface area contributed by atoms with Gasteiger partial charge in [-0.25, -0.2) is 4.98 Å². The van der Waals surface area contributed by atoms with Crippen molar-refractivity contribution in [1.29, 1.82) is 0 Å². The molecule has 0 aliphatic carbocycles. The van der Waals surface area contributed by atoms with Crippen molar-refractivity contribution in [3.8, 4) is 0 Å². The lowest BCUT2D eigenvalue weighted by atomic mass is 10.0. The molecule has 1 atom stereocenters. The van der Waals surface area contributed by atoms with Crippen molar-refractivity contribution in [3.63, 3.8) is 0 Å². The van der Waals surface area contributed by atoms with Gasteiger partial charge in [0.1, 0.15) is 6.04 Å². The third-order valence-electron chi connectivity index (χ3n) is 4.40. The van der Waals surface area contributed by atoms with E-state index in [4.69, 9.17) is 0 Å². The van der Waals surface area contributed by atoms with E-state index in [1.165, 1.54) is 11.3 Å². The van der Waals surface area contributed by atoms with E-state index < -0.39 is 6.04 Å². The van der Waals surface area contributed by atoms with Crippen molar-refractivity contribution in [3.05, 3.63) is 82.4 Å². The monoisotopic (exact) mass is 393 g/mol. The van der Waals surface area contributed by atoms with Crippen molar-refractivity contribution in [2.45, 2.75) is 32.7 Å². The summed E-state index contributed by atoms with van der Waals surface area (Å²) in [6.07, 6.45) is 1.21. The van der Waals surface area contributed by atoms with Crippen LogP contribution in [0, 0.1) is 6.92 Å². The van der Waals surface area contributed by atoms with Gasteiger partial charge in [0.2, 0.25) is 5.91 Å². The SMILES string of the molecule is CCc1nc(NC(=O)C(Cc2ccccc2)NC(=O)c2ccccc2)sc1C. The van der Waals surface area contributed by atoms with Crippen LogP contribution in [-0.4, -0.2) is 22.8 Å². The zero-order chi connectivity index (χ0) is 19.9. The summed E-state index contributed by atoms with van der Waals surface area (Å²) in [5.74, 6) is -0.550. The molecule has 1 unspecified atom stereocenters. The fourth-order valence-corrected chi connectivity index (χ4v) is 3.80. The van der Waals surface area contributed by atoms with Crippen LogP contribution in [0.25, 0.3) is 0 Å². The van der Waals surface area contributed by atoms with Gasteiger partial charge in [-0.2, -0.15) is 0 Å². The number of aromatic nitrogens is 1. The molecule has 0 saturated carbocycles. The van der Waals surface area contributed by atoms with Gasteiger partial charge in [-0.05, 0) is 31.0 Å². The first-order chi connectivity index (χ1) is 13.6. The first kappa shape index (κ1) is 19.8. The van der Waals surface area contributed by atoms with E-state index in [2.05, 4.69) is 15.6 Å². The summed E-state index contributed by atoms with van der Waals surface area (Å²) in [4.78, 5) is 31.1. The molecule has 1 heterocycles. The van der Waals surface area contributed by atoms with Crippen LogP contribution in [0.15, 0.2) is 60.7 Å². The molecule has 144 valence electrons. The van der Waals surface area contributed by atoms with Crippen molar-refractivity contribution >= 4 is 28.3 Å². The lowest BCUT2D eigenvalue weighted by Crippen LogP contribution is -2.45. The van der Waals surface area contributed by atoms with Gasteiger partial charge in [0, 0.05) is 16.9 Å². The molecule has 0 spiro atoms. The summed E-state index contributed by atoms with van der Waals surface area (Å²) >= 11 is 1.45. The number of thiazole rings is 1. The predicted octanol–water partition coefficient (Wildman–Crippen LogP) is 3.99. The third-order valence-corrected chi connectivity index (χ3v) is 5.33. The van der Waals surface area contributed by atoms with Gasteiger partial charge in [-0.1, -0.05) is 55.5 Å². The van der Waals surface area contributed by atoms with Crippen LogP contribution in [0.4, 0.5) is 5.13 Å². The van der Waals surface area contributed by atoms with Crippen LogP contribution >= 0.6 is 11.3 Å². The Morgan fingerprint density at radius 1 is 1.04 bits per heavy atom. The maximum Gasteiger partial charge on any atom is 0.251 e. The Labute approximate surface area is 168 Å². The van der Waals surface area contributed by atoms with Crippen molar-refractivity contribution in [2.24, 2.45) is 0 Å². The molecular formula is C22H23N3O2S. The number of aryl methyl sites for hydroxylation is 2. The fourth-order valence-electron chi connectivity index (χ4n) is 2.89. The highest BCUT2D eigenvalue weighted by molar-refractivity contribution is 7.15. The number of carbonyl (C=O) groups excluding carboxylic acids is 2. The van der Waals surface area contributed by atoms with E-state index in [9.17, 15) is 9.59 Å². The number of rotatable bonds is 7. The molecule has 3 rings (SSSR count). The first-order valence-electron chi connectivity index (χ1n) is 9.23. The summed E-state index contributed by atoms with van der Waals surface area (Å²) in [5.41, 5.74) is 2.47. The van der Waals surface area contributed by atoms with E-state index in [0.29, 0.717) is 17.1 Å². The Hall–Kier alpha value is -2.99. The molecule has 0 bridgehead atoms. The fraction of sp³-hybridized carbons (Fsp3) is 0.227. The summed E-state index contributed by atoms with van der Waals surface area (Å²) < 4.78 is 0. The van der Waals surface area contributed by atoms with Crippen LogP contribution in [0.3, 0.4) is 0 Å². The maximum absolute atomic E-state index is 12.9. The largest absolute Gasteiger partial charge is 0.340 e. The van der Waals surface area contributed by atoms with Crippen molar-refractivity contribution < 1.29 is 9.59 Å². The van der Waals surface area contributed by atoms with Gasteiger partial charge in [-0.15, -0.1) is 11.3 Å². The third kappa shape index (κ3) is 5.04. The van der Waals surface area contributed by atoms with Gasteiger partial charge in [-0.3, -0.25) is 9.59 Å². The summed E-state index contributed by atoms with van der Waals surface area (Å²) in [6, 6.07) is 17.8. The predicted molar refractivity (Wildman–Crippen MR) is 113 cm³/mol. The number of nitrogens with zero attached hydrogens (tertiary/aromatic N) is 1. The number of benzene rings is 2. The van der Waals surface area contributed by atoms with Gasteiger partial charge in [0.15, 0.2) is 5.13 Å². The maximum atomic E-state index is 12.9. The van der Waals surface area contributed by atoms with Gasteiger partial charge in [0.05, 0.1) is 5.69 Å². The highest BCUT2D eigenvalue weighted by Crippen LogP contribution is 2.22. The molecule has 0 fully saturated rings.